The molecular formula is C29H38Cl2N6O3. The third kappa shape index (κ3) is 7.90. The molecule has 0 saturated heterocycles. The van der Waals surface area contributed by atoms with Crippen molar-refractivity contribution in [3.63, 3.8) is 0 Å². The van der Waals surface area contributed by atoms with Crippen LogP contribution in [0, 0.1) is 0 Å². The maximum absolute atomic E-state index is 12.9. The summed E-state index contributed by atoms with van der Waals surface area (Å²) in [7, 11) is 5.65. The number of nitrogens with two attached hydrogens (primary N) is 2. The van der Waals surface area contributed by atoms with Crippen molar-refractivity contribution in [2.45, 2.75) is 44.2 Å². The summed E-state index contributed by atoms with van der Waals surface area (Å²) < 4.78 is 11.4. The van der Waals surface area contributed by atoms with E-state index >= 15 is 0 Å². The molecule has 0 unspecified atom stereocenters. The van der Waals surface area contributed by atoms with Gasteiger partial charge in [-0.2, -0.15) is 0 Å². The Morgan fingerprint density at radius 3 is 1.90 bits per heavy atom. The molecule has 40 heavy (non-hydrogen) atoms. The summed E-state index contributed by atoms with van der Waals surface area (Å²) >= 11 is 5.98. The molecule has 2 aromatic carbocycles. The molecule has 3 aromatic rings. The first kappa shape index (κ1) is 31.3. The Labute approximate surface area is 247 Å². The fourth-order valence-corrected chi connectivity index (χ4v) is 5.31. The van der Waals surface area contributed by atoms with Gasteiger partial charge in [-0.3, -0.25) is 4.79 Å². The molecule has 0 bridgehead atoms. The quantitative estimate of drug-likeness (QED) is 0.253. The number of quaternary nitrogens is 1. The zero-order chi connectivity index (χ0) is 28.0. The molecule has 1 heterocycles. The average molecular weight is 590 g/mol. The number of halogens is 2. The van der Waals surface area contributed by atoms with Gasteiger partial charge in [-0.25, -0.2) is 9.97 Å². The van der Waals surface area contributed by atoms with E-state index in [9.17, 15) is 4.79 Å². The Kier molecular flexibility index (Phi) is 10.8. The highest BCUT2D eigenvalue weighted by atomic mass is 35.5. The van der Waals surface area contributed by atoms with Gasteiger partial charge in [0.05, 0.1) is 40.4 Å². The number of carbonyl (C=O) groups excluding carboxylic acids is 1. The van der Waals surface area contributed by atoms with Crippen LogP contribution in [0.15, 0.2) is 48.5 Å². The van der Waals surface area contributed by atoms with Gasteiger partial charge in [0.25, 0.3) is 5.91 Å². The molecule has 0 spiro atoms. The normalized spacial score (nSPS) is 16.1. The van der Waals surface area contributed by atoms with Crippen molar-refractivity contribution in [2.75, 3.05) is 45.8 Å². The number of aryl methyl sites for hydroxylation is 2. The summed E-state index contributed by atoms with van der Waals surface area (Å²) in [5, 5.41) is 3.06. The topological polar surface area (TPSA) is 125 Å². The number of methoxy groups -OCH3 is 2. The van der Waals surface area contributed by atoms with Gasteiger partial charge in [0.2, 0.25) is 0 Å². The van der Waals surface area contributed by atoms with Crippen molar-refractivity contribution in [3.05, 3.63) is 70.5 Å². The third-order valence-corrected chi connectivity index (χ3v) is 7.86. The predicted octanol–water partition coefficient (Wildman–Crippen LogP) is 0.899. The number of hydrogen-bond acceptors (Lipinski definition) is 7. The zero-order valence-corrected chi connectivity index (χ0v) is 24.7. The number of benzene rings is 2. The van der Waals surface area contributed by atoms with Crippen LogP contribution in [0.4, 0.5) is 11.6 Å². The first-order valence-corrected chi connectivity index (χ1v) is 13.6. The first-order valence-electron chi connectivity index (χ1n) is 13.2. The Morgan fingerprint density at radius 1 is 0.925 bits per heavy atom. The van der Waals surface area contributed by atoms with E-state index in [1.165, 1.54) is 11.1 Å². The number of rotatable bonds is 13. The van der Waals surface area contributed by atoms with Crippen LogP contribution in [0.2, 0.25) is 5.15 Å². The number of hydrogen-bond donors (Lipinski definition) is 3. The van der Waals surface area contributed by atoms with Crippen LogP contribution in [0.25, 0.3) is 0 Å². The molecule has 5 N–H and O–H groups in total. The van der Waals surface area contributed by atoms with Crippen molar-refractivity contribution in [2.24, 2.45) is 0 Å². The molecule has 1 aromatic heterocycles. The zero-order valence-electron chi connectivity index (χ0n) is 23.2. The van der Waals surface area contributed by atoms with Gasteiger partial charge >= 0.3 is 0 Å². The SMILES string of the molecule is COc1ccc(CCC[N+](C)(CCCc2ccc(OC)cc2)[C@@H]2C[C@H]2NC(=O)c2nc(Cl)c(N)nc2N)cc1.[Cl-]. The van der Waals surface area contributed by atoms with Crippen LogP contribution in [0.5, 0.6) is 11.5 Å². The molecule has 1 saturated carbocycles. The van der Waals surface area contributed by atoms with Crippen LogP contribution in [0.1, 0.15) is 40.9 Å². The number of ether oxygens (including phenoxy) is 2. The Hall–Kier alpha value is -3.27. The lowest BCUT2D eigenvalue weighted by molar-refractivity contribution is -0.921. The van der Waals surface area contributed by atoms with E-state index < -0.39 is 0 Å². The number of anilines is 2. The fourth-order valence-electron chi connectivity index (χ4n) is 5.19. The Balaban J connectivity index is 0.00000441. The first-order chi connectivity index (χ1) is 18.7. The number of likely N-dealkylation sites (N-methyl/N-ethyl adjacent to an activating group) is 1. The minimum atomic E-state index is -0.377. The van der Waals surface area contributed by atoms with E-state index in [-0.39, 0.29) is 46.8 Å². The van der Waals surface area contributed by atoms with E-state index in [4.69, 9.17) is 32.5 Å². The minimum absolute atomic E-state index is 0. The minimum Gasteiger partial charge on any atom is -1.00 e. The molecule has 1 amide bonds. The number of nitrogens with one attached hydrogen (secondary N) is 1. The van der Waals surface area contributed by atoms with Crippen molar-refractivity contribution in [1.82, 2.24) is 15.3 Å². The van der Waals surface area contributed by atoms with Crippen molar-refractivity contribution >= 4 is 29.1 Å². The summed E-state index contributed by atoms with van der Waals surface area (Å²) in [5.74, 6) is 1.33. The Morgan fingerprint density at radius 2 is 1.43 bits per heavy atom. The van der Waals surface area contributed by atoms with E-state index in [1.54, 1.807) is 14.2 Å². The molecule has 1 aliphatic rings. The van der Waals surface area contributed by atoms with Crippen LogP contribution in [0.3, 0.4) is 0 Å². The fraction of sp³-hybridized carbons (Fsp3) is 0.414. The molecule has 0 aliphatic heterocycles. The van der Waals surface area contributed by atoms with Gasteiger partial charge < -0.3 is 43.1 Å². The van der Waals surface area contributed by atoms with Crippen molar-refractivity contribution in [3.8, 4) is 11.5 Å². The summed E-state index contributed by atoms with van der Waals surface area (Å²) in [6.45, 7) is 2.00. The lowest BCUT2D eigenvalue weighted by Crippen LogP contribution is -3.00. The molecule has 11 heteroatoms. The summed E-state index contributed by atoms with van der Waals surface area (Å²) in [4.78, 5) is 20.9. The maximum atomic E-state index is 12.9. The van der Waals surface area contributed by atoms with Crippen molar-refractivity contribution in [1.29, 1.82) is 0 Å². The third-order valence-electron chi connectivity index (χ3n) is 7.58. The van der Waals surface area contributed by atoms with E-state index in [1.807, 2.05) is 24.3 Å². The van der Waals surface area contributed by atoms with Gasteiger partial charge in [0.1, 0.15) is 17.5 Å². The number of aromatic nitrogens is 2. The Bertz CT molecular complexity index is 1220. The van der Waals surface area contributed by atoms with Gasteiger partial charge in [-0.15, -0.1) is 0 Å². The molecular weight excluding hydrogens is 551 g/mol. The van der Waals surface area contributed by atoms with Crippen LogP contribution >= 0.6 is 11.6 Å². The molecule has 9 nitrogen and oxygen atoms in total. The molecule has 4 rings (SSSR count). The molecule has 216 valence electrons. The summed E-state index contributed by atoms with van der Waals surface area (Å²) in [6.07, 6.45) is 4.93. The van der Waals surface area contributed by atoms with Gasteiger partial charge in [-0.05, 0) is 48.2 Å². The summed E-state index contributed by atoms with van der Waals surface area (Å²) in [6, 6.07) is 16.8. The second kappa shape index (κ2) is 13.9. The maximum Gasteiger partial charge on any atom is 0.274 e. The molecule has 0 radical (unpaired) electrons. The highest BCUT2D eigenvalue weighted by Crippen LogP contribution is 2.35. The van der Waals surface area contributed by atoms with Gasteiger partial charge in [0, 0.05) is 19.3 Å². The van der Waals surface area contributed by atoms with Gasteiger partial charge in [-0.1, -0.05) is 35.9 Å². The lowest BCUT2D eigenvalue weighted by atomic mass is 10.1. The number of nitrogens with zero attached hydrogens (tertiary/aromatic N) is 3. The standard InChI is InChI=1S/C29H37ClN6O3.ClH/c1-36(16-4-6-19-8-12-21(38-2)13-9-19,17-5-7-20-10-14-22(39-3)15-11-20)24-18-23(24)33-29(37)25-27(31)35-28(32)26(30)34-25;/h8-15,23-24H,4-7,16-18H2,1-3H3,(H4-,31,32,33,35,37);1H/t23-,24-;/m1./s1. The molecule has 2 atom stereocenters. The predicted molar refractivity (Wildman–Crippen MR) is 154 cm³/mol. The van der Waals surface area contributed by atoms with Crippen molar-refractivity contribution < 1.29 is 31.2 Å². The number of carbonyl (C=O) groups is 1. The highest BCUT2D eigenvalue weighted by molar-refractivity contribution is 6.31. The lowest BCUT2D eigenvalue weighted by Gasteiger charge is -2.36. The number of nitrogen functional groups attached to an aromatic ring is 2. The molecule has 1 aliphatic carbocycles. The monoisotopic (exact) mass is 588 g/mol. The highest BCUT2D eigenvalue weighted by Gasteiger charge is 2.52. The summed E-state index contributed by atoms with van der Waals surface area (Å²) in [5.41, 5.74) is 14.1. The second-order valence-corrected chi connectivity index (χ2v) is 10.7. The van der Waals surface area contributed by atoms with Gasteiger partial charge in [0.15, 0.2) is 22.5 Å². The number of amides is 1. The van der Waals surface area contributed by atoms with Crippen LogP contribution in [-0.2, 0) is 12.8 Å². The smallest absolute Gasteiger partial charge is 0.274 e. The van der Waals surface area contributed by atoms with Crippen LogP contribution < -0.4 is 38.7 Å². The average Bonchev–Trinajstić information content (AvgIpc) is 3.71. The second-order valence-electron chi connectivity index (χ2n) is 10.3. The molecule has 1 fully saturated rings. The largest absolute Gasteiger partial charge is 1.00 e. The van der Waals surface area contributed by atoms with E-state index in [0.717, 1.165) is 61.2 Å². The van der Waals surface area contributed by atoms with E-state index in [2.05, 4.69) is 46.6 Å². The van der Waals surface area contributed by atoms with E-state index in [0.29, 0.717) is 6.04 Å². The van der Waals surface area contributed by atoms with Crippen LogP contribution in [-0.4, -0.2) is 66.8 Å².